The van der Waals surface area contributed by atoms with Gasteiger partial charge in [-0.1, -0.05) is 54.6 Å². The van der Waals surface area contributed by atoms with Gasteiger partial charge in [0.2, 0.25) is 0 Å². The largest absolute Gasteiger partial charge is 0.444 e. The summed E-state index contributed by atoms with van der Waals surface area (Å²) >= 11 is 0. The predicted octanol–water partition coefficient (Wildman–Crippen LogP) is 4.77. The fourth-order valence-electron chi connectivity index (χ4n) is 2.18. The second-order valence-electron chi connectivity index (χ2n) is 6.19. The van der Waals surface area contributed by atoms with Crippen LogP contribution in [-0.2, 0) is 4.74 Å². The van der Waals surface area contributed by atoms with E-state index in [2.05, 4.69) is 47.8 Å². The Morgan fingerprint density at radius 3 is 2.64 bits per heavy atom. The molecule has 0 atom stereocenters. The maximum Gasteiger partial charge on any atom is 0.407 e. The van der Waals surface area contributed by atoms with E-state index in [1.54, 1.807) is 0 Å². The van der Waals surface area contributed by atoms with E-state index in [1.807, 2.05) is 32.9 Å². The number of carbonyl (C=O) groups excluding carboxylic acids is 1. The van der Waals surface area contributed by atoms with Gasteiger partial charge in [0.15, 0.2) is 0 Å². The molecule has 1 N–H and O–H groups in total. The number of nitrogens with one attached hydrogen (secondary N) is 1. The highest BCUT2D eigenvalue weighted by Crippen LogP contribution is 2.19. The van der Waals surface area contributed by atoms with E-state index in [-0.39, 0.29) is 6.09 Å². The van der Waals surface area contributed by atoms with Gasteiger partial charge in [0.25, 0.3) is 0 Å². The van der Waals surface area contributed by atoms with Crippen LogP contribution >= 0.6 is 0 Å². The van der Waals surface area contributed by atoms with Crippen LogP contribution in [0.5, 0.6) is 0 Å². The molecule has 0 aromatic heterocycles. The lowest BCUT2D eigenvalue weighted by molar-refractivity contribution is 0.0529. The summed E-state index contributed by atoms with van der Waals surface area (Å²) in [5, 5.41) is 5.22. The topological polar surface area (TPSA) is 38.3 Å². The average molecular weight is 297 g/mol. The lowest BCUT2D eigenvalue weighted by Gasteiger charge is -2.19. The number of rotatable bonds is 4. The normalized spacial score (nSPS) is 11.8. The van der Waals surface area contributed by atoms with Crippen LogP contribution in [0.25, 0.3) is 16.8 Å². The first kappa shape index (κ1) is 16.1. The Hall–Kier alpha value is -2.29. The van der Waals surface area contributed by atoms with Crippen LogP contribution in [0, 0.1) is 0 Å². The van der Waals surface area contributed by atoms with Gasteiger partial charge in [-0.05, 0) is 43.5 Å². The van der Waals surface area contributed by atoms with Crippen molar-refractivity contribution in [3.63, 3.8) is 0 Å². The van der Waals surface area contributed by atoms with Crippen molar-refractivity contribution in [3.8, 4) is 0 Å². The van der Waals surface area contributed by atoms with E-state index in [9.17, 15) is 4.79 Å². The van der Waals surface area contributed by atoms with E-state index >= 15 is 0 Å². The van der Waals surface area contributed by atoms with Crippen molar-refractivity contribution >= 4 is 22.9 Å². The predicted molar refractivity (Wildman–Crippen MR) is 91.8 cm³/mol. The number of benzene rings is 2. The van der Waals surface area contributed by atoms with Gasteiger partial charge in [0.05, 0.1) is 0 Å². The molecule has 0 fully saturated rings. The van der Waals surface area contributed by atoms with Crippen molar-refractivity contribution in [1.82, 2.24) is 5.32 Å². The van der Waals surface area contributed by atoms with Gasteiger partial charge in [-0.15, -0.1) is 0 Å². The molecule has 1 amide bonds. The number of alkyl carbamates (subject to hydrolysis) is 1. The lowest BCUT2D eigenvalue weighted by atomic mass is 10.0. The van der Waals surface area contributed by atoms with E-state index in [0.29, 0.717) is 6.54 Å². The summed E-state index contributed by atoms with van der Waals surface area (Å²) in [6.45, 7) is 6.13. The maximum atomic E-state index is 11.5. The zero-order chi connectivity index (χ0) is 16.0. The highest BCUT2D eigenvalue weighted by atomic mass is 16.6. The van der Waals surface area contributed by atoms with Crippen LogP contribution in [0.4, 0.5) is 4.79 Å². The molecule has 0 aliphatic carbocycles. The number of fused-ring (bicyclic) bond motifs is 1. The van der Waals surface area contributed by atoms with E-state index in [1.165, 1.54) is 16.3 Å². The van der Waals surface area contributed by atoms with E-state index in [4.69, 9.17) is 4.74 Å². The van der Waals surface area contributed by atoms with Gasteiger partial charge in [0, 0.05) is 6.54 Å². The second kappa shape index (κ2) is 7.12. The van der Waals surface area contributed by atoms with Gasteiger partial charge in [-0.2, -0.15) is 0 Å². The van der Waals surface area contributed by atoms with Crippen molar-refractivity contribution in [2.24, 2.45) is 0 Å². The number of hydrogen-bond donors (Lipinski definition) is 1. The zero-order valence-corrected chi connectivity index (χ0v) is 13.4. The molecule has 2 aromatic rings. The molecule has 116 valence electrons. The summed E-state index contributed by atoms with van der Waals surface area (Å²) in [5.74, 6) is 0. The summed E-state index contributed by atoms with van der Waals surface area (Å²) in [7, 11) is 0. The Bertz CT molecular complexity index is 663. The molecule has 0 aliphatic rings. The highest BCUT2D eigenvalue weighted by molar-refractivity contribution is 5.90. The van der Waals surface area contributed by atoms with Crippen LogP contribution in [0.1, 0.15) is 32.8 Å². The first-order chi connectivity index (χ1) is 10.5. The molecule has 3 nitrogen and oxygen atoms in total. The molecule has 0 saturated carbocycles. The Labute approximate surface area is 132 Å². The molecule has 0 bridgehead atoms. The molecule has 0 spiro atoms. The maximum absolute atomic E-state index is 11.5. The third-order valence-electron chi connectivity index (χ3n) is 3.10. The summed E-state index contributed by atoms with van der Waals surface area (Å²) < 4.78 is 5.19. The SMILES string of the molecule is CC(C)(C)OC(=O)NCCC=Cc1cccc2ccccc12. The first-order valence-corrected chi connectivity index (χ1v) is 7.57. The van der Waals surface area contributed by atoms with E-state index in [0.717, 1.165) is 6.42 Å². The molecule has 2 aromatic carbocycles. The third-order valence-corrected chi connectivity index (χ3v) is 3.10. The third kappa shape index (κ3) is 4.92. The van der Waals surface area contributed by atoms with E-state index < -0.39 is 5.60 Å². The van der Waals surface area contributed by atoms with Gasteiger partial charge >= 0.3 is 6.09 Å². The van der Waals surface area contributed by atoms with Gasteiger partial charge in [-0.3, -0.25) is 0 Å². The van der Waals surface area contributed by atoms with Crippen molar-refractivity contribution < 1.29 is 9.53 Å². The number of amides is 1. The molecular weight excluding hydrogens is 274 g/mol. The van der Waals surface area contributed by atoms with Crippen LogP contribution in [0.3, 0.4) is 0 Å². The minimum atomic E-state index is -0.455. The number of ether oxygens (including phenoxy) is 1. The molecule has 0 saturated heterocycles. The van der Waals surface area contributed by atoms with Gasteiger partial charge in [-0.25, -0.2) is 4.79 Å². The number of hydrogen-bond acceptors (Lipinski definition) is 2. The van der Waals surface area contributed by atoms with Crippen molar-refractivity contribution in [2.45, 2.75) is 32.8 Å². The quantitative estimate of drug-likeness (QED) is 0.826. The second-order valence-corrected chi connectivity index (χ2v) is 6.19. The Balaban J connectivity index is 1.86. The summed E-state index contributed by atoms with van der Waals surface area (Å²) in [6.07, 6.45) is 4.56. The minimum absolute atomic E-state index is 0.369. The molecule has 0 heterocycles. The Morgan fingerprint density at radius 1 is 1.14 bits per heavy atom. The van der Waals surface area contributed by atoms with Crippen molar-refractivity contribution in [3.05, 3.63) is 54.1 Å². The standard InChI is InChI=1S/C19H23NO2/c1-19(2,3)22-18(21)20-14-7-6-10-16-12-8-11-15-9-4-5-13-17(15)16/h4-6,8-13H,7,14H2,1-3H3,(H,20,21). The van der Waals surface area contributed by atoms with Gasteiger partial charge in [0.1, 0.15) is 5.60 Å². The monoisotopic (exact) mass is 297 g/mol. The van der Waals surface area contributed by atoms with Crippen molar-refractivity contribution in [2.75, 3.05) is 6.54 Å². The van der Waals surface area contributed by atoms with Gasteiger partial charge < -0.3 is 10.1 Å². The highest BCUT2D eigenvalue weighted by Gasteiger charge is 2.15. The molecule has 3 heteroatoms. The molecular formula is C19H23NO2. The smallest absolute Gasteiger partial charge is 0.407 e. The lowest BCUT2D eigenvalue weighted by Crippen LogP contribution is -2.32. The fourth-order valence-corrected chi connectivity index (χ4v) is 2.18. The molecule has 0 unspecified atom stereocenters. The summed E-state index contributed by atoms with van der Waals surface area (Å²) in [4.78, 5) is 11.5. The average Bonchev–Trinajstić information content (AvgIpc) is 2.45. The molecule has 2 rings (SSSR count). The Morgan fingerprint density at radius 2 is 1.86 bits per heavy atom. The fraction of sp³-hybridized carbons (Fsp3) is 0.316. The van der Waals surface area contributed by atoms with Crippen LogP contribution in [0.15, 0.2) is 48.5 Å². The zero-order valence-electron chi connectivity index (χ0n) is 13.4. The van der Waals surface area contributed by atoms with Crippen LogP contribution < -0.4 is 5.32 Å². The first-order valence-electron chi connectivity index (χ1n) is 7.57. The van der Waals surface area contributed by atoms with Crippen LogP contribution in [-0.4, -0.2) is 18.2 Å². The Kier molecular flexibility index (Phi) is 5.21. The van der Waals surface area contributed by atoms with Crippen molar-refractivity contribution in [1.29, 1.82) is 0 Å². The summed E-state index contributed by atoms with van der Waals surface area (Å²) in [5.41, 5.74) is 0.735. The molecule has 22 heavy (non-hydrogen) atoms. The van der Waals surface area contributed by atoms with Crippen LogP contribution in [0.2, 0.25) is 0 Å². The summed E-state index contributed by atoms with van der Waals surface area (Å²) in [6, 6.07) is 14.6. The number of carbonyl (C=O) groups is 1. The molecule has 0 radical (unpaired) electrons. The minimum Gasteiger partial charge on any atom is -0.444 e. The molecule has 0 aliphatic heterocycles.